The van der Waals surface area contributed by atoms with Crippen molar-refractivity contribution >= 4 is 22.6 Å². The number of aliphatic imine (C=N–C) groups is 1. The van der Waals surface area contributed by atoms with Gasteiger partial charge in [-0.2, -0.15) is 23.4 Å². The second-order valence-electron chi connectivity index (χ2n) is 5.33. The van der Waals surface area contributed by atoms with E-state index in [9.17, 15) is 18.0 Å². The molecule has 0 fully saturated rings. The lowest BCUT2D eigenvalue weighted by Gasteiger charge is -2.21. The molecule has 0 aliphatic carbocycles. The third-order valence-electron chi connectivity index (χ3n) is 3.66. The molecule has 2 aromatic carbocycles. The number of fused-ring (bicyclic) bond motifs is 1. The normalized spacial score (nSPS) is 11.9. The highest BCUT2D eigenvalue weighted by Gasteiger charge is 2.36. The molecule has 0 aromatic heterocycles. The zero-order valence-electron chi connectivity index (χ0n) is 13.8. The maximum absolute atomic E-state index is 13.5. The molecule has 0 heterocycles. The van der Waals surface area contributed by atoms with Gasteiger partial charge in [0.1, 0.15) is 23.7 Å². The lowest BCUT2D eigenvalue weighted by molar-refractivity contribution is -0.138. The molecule has 0 bridgehead atoms. The second kappa shape index (κ2) is 7.31. The maximum Gasteiger partial charge on any atom is 0.420 e. The Balaban J connectivity index is 2.79. The number of amidine groups is 1. The average Bonchev–Trinajstić information content (AvgIpc) is 2.56. The molecule has 26 heavy (non-hydrogen) atoms. The maximum atomic E-state index is 13.5. The molecule has 6 nitrogen and oxygen atoms in total. The summed E-state index contributed by atoms with van der Waals surface area (Å²) in [5.41, 5.74) is -0.738. The number of likely N-dealkylation sites (N-methyl/N-ethyl adjacent to an activating group) is 1. The summed E-state index contributed by atoms with van der Waals surface area (Å²) in [7, 11) is 2.53. The Hall–Kier alpha value is -3.28. The Bertz CT molecular complexity index is 917. The number of carboxylic acids is 1. The molecule has 0 saturated carbocycles. The summed E-state index contributed by atoms with van der Waals surface area (Å²) in [6.45, 7) is -0.473. The fourth-order valence-corrected chi connectivity index (χ4v) is 2.67. The summed E-state index contributed by atoms with van der Waals surface area (Å²) in [6.07, 6.45) is -3.10. The largest absolute Gasteiger partial charge is 0.496 e. The molecule has 0 unspecified atom stereocenters. The Morgan fingerprint density at radius 1 is 1.31 bits per heavy atom. The van der Waals surface area contributed by atoms with E-state index in [4.69, 9.17) is 15.1 Å². The van der Waals surface area contributed by atoms with E-state index in [1.165, 1.54) is 42.3 Å². The summed E-state index contributed by atoms with van der Waals surface area (Å²) in [5.74, 6) is -1.55. The molecule has 2 aromatic rings. The van der Waals surface area contributed by atoms with Crippen molar-refractivity contribution in [1.29, 1.82) is 5.26 Å². The van der Waals surface area contributed by atoms with Crippen LogP contribution in [0, 0.1) is 11.5 Å². The Morgan fingerprint density at radius 3 is 2.54 bits per heavy atom. The highest BCUT2D eigenvalue weighted by molar-refractivity contribution is 6.11. The van der Waals surface area contributed by atoms with Crippen LogP contribution in [0.25, 0.3) is 10.8 Å². The molecular formula is C17H14F3N3O3. The number of nitriles is 1. The van der Waals surface area contributed by atoms with Crippen molar-refractivity contribution in [2.75, 3.05) is 20.7 Å². The molecule has 2 rings (SSSR count). The van der Waals surface area contributed by atoms with Gasteiger partial charge in [0, 0.05) is 12.6 Å². The van der Waals surface area contributed by atoms with E-state index in [0.717, 1.165) is 7.11 Å². The Labute approximate surface area is 146 Å². The van der Waals surface area contributed by atoms with E-state index < -0.39 is 24.3 Å². The van der Waals surface area contributed by atoms with Crippen LogP contribution < -0.4 is 4.74 Å². The molecule has 9 heteroatoms. The average molecular weight is 365 g/mol. The molecule has 0 radical (unpaired) electrons. The SMILES string of the molecule is COc1ccc2c(C(=NC#N)N(C)CC(=O)O)cccc2c1C(F)(F)F. The van der Waals surface area contributed by atoms with Crippen LogP contribution in [0.4, 0.5) is 13.2 Å². The number of hydrogen-bond acceptors (Lipinski definition) is 4. The lowest BCUT2D eigenvalue weighted by atomic mass is 9.98. The first-order chi connectivity index (χ1) is 12.2. The number of halogens is 3. The molecule has 0 atom stereocenters. The molecule has 0 aliphatic heterocycles. The van der Waals surface area contributed by atoms with Gasteiger partial charge in [-0.3, -0.25) is 4.79 Å². The summed E-state index contributed by atoms with van der Waals surface area (Å²) in [5, 5.41) is 17.9. The number of benzene rings is 2. The van der Waals surface area contributed by atoms with E-state index >= 15 is 0 Å². The molecule has 1 N–H and O–H groups in total. The Morgan fingerprint density at radius 2 is 2.00 bits per heavy atom. The standard InChI is InChI=1S/C17H14F3N3O3/c1-23(8-14(24)25)16(22-9-21)12-5-3-4-11-10(12)6-7-13(26-2)15(11)17(18,19)20/h3-7H,8H2,1-2H3,(H,24,25). The van der Waals surface area contributed by atoms with Crippen molar-refractivity contribution in [1.82, 2.24) is 4.90 Å². The van der Waals surface area contributed by atoms with Gasteiger partial charge < -0.3 is 14.7 Å². The third-order valence-corrected chi connectivity index (χ3v) is 3.66. The van der Waals surface area contributed by atoms with Gasteiger partial charge in [-0.1, -0.05) is 18.2 Å². The van der Waals surface area contributed by atoms with Gasteiger partial charge in [-0.05, 0) is 22.9 Å². The first-order valence-electron chi connectivity index (χ1n) is 7.27. The minimum absolute atomic E-state index is 0.0428. The van der Waals surface area contributed by atoms with Crippen molar-refractivity contribution in [3.8, 4) is 11.9 Å². The van der Waals surface area contributed by atoms with Crippen molar-refractivity contribution in [2.24, 2.45) is 4.99 Å². The smallest absolute Gasteiger partial charge is 0.420 e. The molecule has 0 aliphatic rings. The van der Waals surface area contributed by atoms with E-state index in [0.29, 0.717) is 0 Å². The van der Waals surface area contributed by atoms with Gasteiger partial charge in [0.25, 0.3) is 0 Å². The van der Waals surface area contributed by atoms with Gasteiger partial charge in [0.15, 0.2) is 0 Å². The predicted octanol–water partition coefficient (Wildman–Crippen LogP) is 3.11. The quantitative estimate of drug-likeness (QED) is 0.511. The van der Waals surface area contributed by atoms with Gasteiger partial charge in [0.2, 0.25) is 6.19 Å². The van der Waals surface area contributed by atoms with Gasteiger partial charge in [-0.25, -0.2) is 0 Å². The van der Waals surface area contributed by atoms with E-state index in [-0.39, 0.29) is 27.9 Å². The molecule has 0 amide bonds. The fourth-order valence-electron chi connectivity index (χ4n) is 2.67. The number of methoxy groups -OCH3 is 1. The highest BCUT2D eigenvalue weighted by Crippen LogP contribution is 2.41. The third kappa shape index (κ3) is 3.69. The second-order valence-corrected chi connectivity index (χ2v) is 5.33. The number of aliphatic carboxylic acids is 1. The van der Waals surface area contributed by atoms with Crippen LogP contribution in [0.2, 0.25) is 0 Å². The highest BCUT2D eigenvalue weighted by atomic mass is 19.4. The first-order valence-corrected chi connectivity index (χ1v) is 7.27. The fraction of sp³-hybridized carbons (Fsp3) is 0.235. The first kappa shape index (κ1) is 19.1. The number of carbonyl (C=O) groups is 1. The number of hydrogen-bond donors (Lipinski definition) is 1. The van der Waals surface area contributed by atoms with E-state index in [1.807, 2.05) is 0 Å². The topological polar surface area (TPSA) is 85.9 Å². The molecule has 0 saturated heterocycles. The summed E-state index contributed by atoms with van der Waals surface area (Å²) >= 11 is 0. The van der Waals surface area contributed by atoms with Crippen LogP contribution in [0.3, 0.4) is 0 Å². The monoisotopic (exact) mass is 365 g/mol. The van der Waals surface area contributed by atoms with Gasteiger partial charge in [-0.15, -0.1) is 0 Å². The number of rotatable bonds is 4. The number of carboxylic acid groups (broad SMARTS) is 1. The summed E-state index contributed by atoms with van der Waals surface area (Å²) in [4.78, 5) is 15.7. The van der Waals surface area contributed by atoms with Crippen LogP contribution in [-0.4, -0.2) is 42.5 Å². The van der Waals surface area contributed by atoms with Crippen LogP contribution >= 0.6 is 0 Å². The van der Waals surface area contributed by atoms with Crippen LogP contribution in [0.5, 0.6) is 5.75 Å². The number of ether oxygens (including phenoxy) is 1. The zero-order valence-corrected chi connectivity index (χ0v) is 13.8. The molecular weight excluding hydrogens is 351 g/mol. The van der Waals surface area contributed by atoms with Crippen LogP contribution in [0.1, 0.15) is 11.1 Å². The molecule has 0 spiro atoms. The van der Waals surface area contributed by atoms with Crippen molar-refractivity contribution < 1.29 is 27.8 Å². The summed E-state index contributed by atoms with van der Waals surface area (Å²) < 4.78 is 45.4. The van der Waals surface area contributed by atoms with Crippen molar-refractivity contribution in [3.63, 3.8) is 0 Å². The van der Waals surface area contributed by atoms with Crippen molar-refractivity contribution in [2.45, 2.75) is 6.18 Å². The Kier molecular flexibility index (Phi) is 5.35. The summed E-state index contributed by atoms with van der Waals surface area (Å²) in [6, 6.07) is 6.73. The van der Waals surface area contributed by atoms with Gasteiger partial charge in [0.05, 0.1) is 7.11 Å². The lowest BCUT2D eigenvalue weighted by Crippen LogP contribution is -2.32. The van der Waals surface area contributed by atoms with E-state index in [2.05, 4.69) is 4.99 Å². The van der Waals surface area contributed by atoms with Crippen LogP contribution in [-0.2, 0) is 11.0 Å². The van der Waals surface area contributed by atoms with E-state index in [1.54, 1.807) is 6.19 Å². The van der Waals surface area contributed by atoms with Crippen LogP contribution in [0.15, 0.2) is 35.3 Å². The van der Waals surface area contributed by atoms with Gasteiger partial charge >= 0.3 is 12.1 Å². The predicted molar refractivity (Wildman–Crippen MR) is 87.9 cm³/mol. The number of nitrogens with zero attached hydrogens (tertiary/aromatic N) is 3. The minimum Gasteiger partial charge on any atom is -0.496 e. The molecule has 136 valence electrons. The van der Waals surface area contributed by atoms with Crippen molar-refractivity contribution in [3.05, 3.63) is 41.5 Å². The zero-order chi connectivity index (χ0) is 19.5. The number of alkyl halides is 3. The minimum atomic E-state index is -4.66.